The van der Waals surface area contributed by atoms with Gasteiger partial charge in [0, 0.05) is 0 Å². The van der Waals surface area contributed by atoms with Gasteiger partial charge in [0.1, 0.15) is 0 Å². The lowest BCUT2D eigenvalue weighted by atomic mass is 9.47. The maximum Gasteiger partial charge on any atom is -0.0266 e. The highest BCUT2D eigenvalue weighted by atomic mass is 14.6. The summed E-state index contributed by atoms with van der Waals surface area (Å²) in [5, 5.41) is 0. The standard InChI is InChI=1S/C28H42.C3H8/c1-28-20-8-7-13-23(28)15-17-26-25-16-14-22(24(25)18-19-27(26)28)12-6-5-11-21-9-3-2-4-10-21;1-3-2/h2-4,9-10,22-27H,5-8,11-20H2,1H3;3H2,1-2H3. The fourth-order valence-electron chi connectivity index (χ4n) is 8.81. The lowest BCUT2D eigenvalue weighted by Gasteiger charge is -2.58. The molecule has 0 saturated heterocycles. The summed E-state index contributed by atoms with van der Waals surface area (Å²) >= 11 is 0. The first-order chi connectivity index (χ1) is 15.2. The largest absolute Gasteiger partial charge is 0.0656 e. The molecule has 5 rings (SSSR count). The zero-order valence-electron chi connectivity index (χ0n) is 21.0. The van der Waals surface area contributed by atoms with Gasteiger partial charge in [0.05, 0.1) is 0 Å². The van der Waals surface area contributed by atoms with E-state index in [2.05, 4.69) is 51.1 Å². The third-order valence-corrected chi connectivity index (χ3v) is 10.2. The molecule has 0 nitrogen and oxygen atoms in total. The van der Waals surface area contributed by atoms with Gasteiger partial charge < -0.3 is 0 Å². The Morgan fingerprint density at radius 2 is 1.52 bits per heavy atom. The Balaban J connectivity index is 0.000000730. The van der Waals surface area contributed by atoms with Gasteiger partial charge in [-0.05, 0) is 111 Å². The van der Waals surface area contributed by atoms with Crippen LogP contribution in [0.3, 0.4) is 0 Å². The fraction of sp³-hybridized carbons (Fsp3) is 0.806. The van der Waals surface area contributed by atoms with Crippen molar-refractivity contribution in [1.29, 1.82) is 0 Å². The molecule has 0 amide bonds. The predicted octanol–water partition coefficient (Wildman–Crippen LogP) is 9.47. The minimum absolute atomic E-state index is 0.722. The van der Waals surface area contributed by atoms with E-state index >= 15 is 0 Å². The summed E-state index contributed by atoms with van der Waals surface area (Å²) in [6.07, 6.45) is 22.5. The van der Waals surface area contributed by atoms with E-state index in [9.17, 15) is 0 Å². The van der Waals surface area contributed by atoms with E-state index in [1.54, 1.807) is 51.4 Å². The second-order valence-electron chi connectivity index (χ2n) is 12.0. The minimum Gasteiger partial charge on any atom is -0.0656 e. The van der Waals surface area contributed by atoms with Crippen molar-refractivity contribution in [3.05, 3.63) is 35.9 Å². The summed E-state index contributed by atoms with van der Waals surface area (Å²) in [5.41, 5.74) is 2.25. The number of rotatable bonds is 5. The Bertz CT molecular complexity index is 647. The molecule has 0 N–H and O–H groups in total. The van der Waals surface area contributed by atoms with Crippen molar-refractivity contribution in [3.63, 3.8) is 0 Å². The highest BCUT2D eigenvalue weighted by molar-refractivity contribution is 5.14. The van der Waals surface area contributed by atoms with Gasteiger partial charge in [-0.3, -0.25) is 0 Å². The van der Waals surface area contributed by atoms with Gasteiger partial charge in [0.25, 0.3) is 0 Å². The lowest BCUT2D eigenvalue weighted by Crippen LogP contribution is -2.50. The highest BCUT2D eigenvalue weighted by Crippen LogP contribution is 2.64. The molecule has 4 saturated carbocycles. The highest BCUT2D eigenvalue weighted by Gasteiger charge is 2.55. The van der Waals surface area contributed by atoms with Crippen molar-refractivity contribution in [3.8, 4) is 0 Å². The molecule has 0 bridgehead atoms. The van der Waals surface area contributed by atoms with Crippen LogP contribution in [0.15, 0.2) is 30.3 Å². The number of hydrogen-bond donors (Lipinski definition) is 0. The molecule has 1 aromatic rings. The van der Waals surface area contributed by atoms with Crippen molar-refractivity contribution < 1.29 is 0 Å². The SMILES string of the molecule is CC12CCCCC1CCC1C3CCC(CCCCc4ccccc4)C3CCC12.CCC. The van der Waals surface area contributed by atoms with Crippen molar-refractivity contribution in [1.82, 2.24) is 0 Å². The zero-order chi connectivity index (χ0) is 21.7. The summed E-state index contributed by atoms with van der Waals surface area (Å²) in [6, 6.07) is 11.1. The topological polar surface area (TPSA) is 0 Å². The summed E-state index contributed by atoms with van der Waals surface area (Å²) in [4.78, 5) is 0. The maximum atomic E-state index is 2.73. The van der Waals surface area contributed by atoms with Crippen LogP contribution in [0, 0.1) is 40.9 Å². The second-order valence-corrected chi connectivity index (χ2v) is 12.0. The first-order valence-electron chi connectivity index (χ1n) is 14.2. The fourth-order valence-corrected chi connectivity index (χ4v) is 8.81. The van der Waals surface area contributed by atoms with Crippen LogP contribution in [0.25, 0.3) is 0 Å². The molecule has 7 atom stereocenters. The van der Waals surface area contributed by atoms with Gasteiger partial charge in [-0.1, -0.05) is 83.2 Å². The van der Waals surface area contributed by atoms with Crippen LogP contribution >= 0.6 is 0 Å². The van der Waals surface area contributed by atoms with E-state index in [0.717, 1.165) is 40.9 Å². The van der Waals surface area contributed by atoms with E-state index < -0.39 is 0 Å². The van der Waals surface area contributed by atoms with Gasteiger partial charge in [-0.25, -0.2) is 0 Å². The summed E-state index contributed by atoms with van der Waals surface area (Å²) in [6.45, 7) is 6.98. The molecule has 0 radical (unpaired) electrons. The molecule has 0 aromatic heterocycles. The first kappa shape index (κ1) is 23.4. The summed E-state index contributed by atoms with van der Waals surface area (Å²) in [5.74, 6) is 6.55. The monoisotopic (exact) mass is 422 g/mol. The Kier molecular flexibility index (Phi) is 8.22. The Hall–Kier alpha value is -0.780. The van der Waals surface area contributed by atoms with Crippen molar-refractivity contribution in [2.75, 3.05) is 0 Å². The van der Waals surface area contributed by atoms with Crippen LogP contribution in [-0.2, 0) is 6.42 Å². The minimum atomic E-state index is 0.722. The van der Waals surface area contributed by atoms with Crippen LogP contribution in [-0.4, -0.2) is 0 Å². The number of hydrogen-bond acceptors (Lipinski definition) is 0. The molecular weight excluding hydrogens is 372 g/mol. The molecule has 0 heteroatoms. The van der Waals surface area contributed by atoms with Crippen molar-refractivity contribution in [2.24, 2.45) is 40.9 Å². The van der Waals surface area contributed by atoms with Gasteiger partial charge in [0.2, 0.25) is 0 Å². The Labute approximate surface area is 194 Å². The van der Waals surface area contributed by atoms with Gasteiger partial charge in [0.15, 0.2) is 0 Å². The Morgan fingerprint density at radius 3 is 2.32 bits per heavy atom. The van der Waals surface area contributed by atoms with Gasteiger partial charge >= 0.3 is 0 Å². The van der Waals surface area contributed by atoms with Gasteiger partial charge in [-0.2, -0.15) is 0 Å². The quantitative estimate of drug-likeness (QED) is 0.414. The van der Waals surface area contributed by atoms with Gasteiger partial charge in [-0.15, -0.1) is 0 Å². The molecule has 7 unspecified atom stereocenters. The smallest absolute Gasteiger partial charge is 0.0266 e. The second kappa shape index (κ2) is 10.9. The third kappa shape index (κ3) is 5.09. The zero-order valence-corrected chi connectivity index (χ0v) is 21.0. The average molecular weight is 423 g/mol. The van der Waals surface area contributed by atoms with Crippen LogP contribution in [0.4, 0.5) is 0 Å². The molecule has 0 spiro atoms. The number of fused-ring (bicyclic) bond motifs is 5. The normalized spacial score (nSPS) is 38.9. The first-order valence-corrected chi connectivity index (χ1v) is 14.2. The van der Waals surface area contributed by atoms with E-state index in [0.29, 0.717) is 0 Å². The van der Waals surface area contributed by atoms with Crippen LogP contribution in [0.2, 0.25) is 0 Å². The van der Waals surface area contributed by atoms with E-state index in [1.165, 1.54) is 50.5 Å². The maximum absolute atomic E-state index is 2.73. The van der Waals surface area contributed by atoms with Crippen LogP contribution < -0.4 is 0 Å². The summed E-state index contributed by atoms with van der Waals surface area (Å²) < 4.78 is 0. The average Bonchev–Trinajstić information content (AvgIpc) is 3.21. The van der Waals surface area contributed by atoms with E-state index in [1.807, 2.05) is 0 Å². The van der Waals surface area contributed by atoms with Crippen LogP contribution in [0.1, 0.15) is 116 Å². The lowest BCUT2D eigenvalue weighted by molar-refractivity contribution is -0.0871. The number of aryl methyl sites for hydroxylation is 1. The molecule has 4 fully saturated rings. The van der Waals surface area contributed by atoms with Crippen molar-refractivity contribution in [2.45, 2.75) is 117 Å². The molecule has 4 aliphatic carbocycles. The molecule has 174 valence electrons. The number of benzene rings is 1. The van der Waals surface area contributed by atoms with Crippen molar-refractivity contribution >= 4 is 0 Å². The summed E-state index contributed by atoms with van der Waals surface area (Å²) in [7, 11) is 0. The molecule has 1 aromatic carbocycles. The number of unbranched alkanes of at least 4 members (excludes halogenated alkanes) is 1. The molecular formula is C31H50. The Morgan fingerprint density at radius 1 is 0.774 bits per heavy atom. The molecule has 31 heavy (non-hydrogen) atoms. The van der Waals surface area contributed by atoms with E-state index in [-0.39, 0.29) is 0 Å². The molecule has 0 aliphatic heterocycles. The third-order valence-electron chi connectivity index (χ3n) is 10.2. The predicted molar refractivity (Wildman–Crippen MR) is 135 cm³/mol. The van der Waals surface area contributed by atoms with Crippen LogP contribution in [0.5, 0.6) is 0 Å². The molecule has 4 aliphatic rings. The molecule has 0 heterocycles. The van der Waals surface area contributed by atoms with E-state index in [4.69, 9.17) is 0 Å².